The number of aliphatic hydroxyl groups excluding tert-OH is 15. The summed E-state index contributed by atoms with van der Waals surface area (Å²) in [6.07, 6.45) is -0.891. The SMILES string of the molecule is CCCCCCCCCCCCC/C=C/[C@@H](O)[C@H](CO[C@@H]1OC(CO)[C@@H](O[C@@H]2OC(CO)[C@H](O[C@@H]3OC(CO)[C@H](O)[C@H](O[C@@H]4OC(CO)[C@H](O)[C@H](O[C@@H]5OC(CO)[C@@H](O)[C@H](O)C5NC(C)=O)C4O)C3NC(C)=O)[C@H](O)C2O)[C@H](O)C1O)NC(=O)CCCCCCCCCCCCCCCCCCCCCCC. The fraction of sp³-hybridized carbons (Fsp3) is 0.934. The number of hydrogen-bond acceptors (Lipinski definition) is 28. The smallest absolute Gasteiger partial charge is 0.220 e. The van der Waals surface area contributed by atoms with Gasteiger partial charge in [0.25, 0.3) is 0 Å². The Bertz CT molecular complexity index is 2380. The van der Waals surface area contributed by atoms with Crippen LogP contribution in [0.15, 0.2) is 12.2 Å². The van der Waals surface area contributed by atoms with E-state index in [1.807, 2.05) is 6.08 Å². The Morgan fingerprint density at radius 2 is 0.701 bits per heavy atom. The van der Waals surface area contributed by atoms with Crippen LogP contribution in [0, 0.1) is 0 Å². The molecule has 5 aliphatic rings. The molecule has 31 heteroatoms. The summed E-state index contributed by atoms with van der Waals surface area (Å²) in [5, 5.41) is 174. The van der Waals surface area contributed by atoms with Gasteiger partial charge in [-0.25, -0.2) is 0 Å². The molecule has 27 atom stereocenters. The lowest BCUT2D eigenvalue weighted by molar-refractivity contribution is -0.383. The Hall–Kier alpha value is -2.85. The van der Waals surface area contributed by atoms with Crippen LogP contribution in [0.5, 0.6) is 0 Å². The molecule has 3 amide bonds. The Balaban J connectivity index is 1.17. The average molecular weight is 1540 g/mol. The van der Waals surface area contributed by atoms with Gasteiger partial charge in [0.1, 0.15) is 122 Å². The van der Waals surface area contributed by atoms with E-state index in [1.54, 1.807) is 6.08 Å². The molecular formula is C76H139N3O28. The molecule has 0 aromatic carbocycles. The number of carbonyl (C=O) groups is 3. The highest BCUT2D eigenvalue weighted by Gasteiger charge is 2.57. The van der Waals surface area contributed by atoms with E-state index in [4.69, 9.17) is 47.4 Å². The first-order valence-electron chi connectivity index (χ1n) is 40.5. The van der Waals surface area contributed by atoms with E-state index in [9.17, 15) is 91.0 Å². The molecule has 0 bridgehead atoms. The fourth-order valence-corrected chi connectivity index (χ4v) is 14.7. The number of hydrogen-bond donors (Lipinski definition) is 18. The maximum Gasteiger partial charge on any atom is 0.220 e. The number of rotatable bonds is 55. The first-order valence-corrected chi connectivity index (χ1v) is 40.5. The van der Waals surface area contributed by atoms with Crippen LogP contribution in [0.2, 0.25) is 0 Å². The Morgan fingerprint density at radius 3 is 1.15 bits per heavy atom. The van der Waals surface area contributed by atoms with Gasteiger partial charge in [0.05, 0.1) is 51.8 Å². The van der Waals surface area contributed by atoms with E-state index in [0.29, 0.717) is 12.8 Å². The summed E-state index contributed by atoms with van der Waals surface area (Å²) >= 11 is 0. The van der Waals surface area contributed by atoms with Crippen molar-refractivity contribution < 1.29 is 138 Å². The van der Waals surface area contributed by atoms with E-state index in [0.717, 1.165) is 58.8 Å². The number of amides is 3. The monoisotopic (exact) mass is 1540 g/mol. The summed E-state index contributed by atoms with van der Waals surface area (Å²) in [6, 6.07) is -4.37. The van der Waals surface area contributed by atoms with Crippen LogP contribution in [0.4, 0.5) is 0 Å². The number of allylic oxidation sites excluding steroid dienone is 1. The number of aliphatic hydroxyl groups is 15. The highest BCUT2D eigenvalue weighted by molar-refractivity contribution is 5.76. The molecule has 0 aromatic heterocycles. The molecule has 0 aromatic rings. The van der Waals surface area contributed by atoms with Gasteiger partial charge in [0.2, 0.25) is 17.7 Å². The molecule has 626 valence electrons. The van der Waals surface area contributed by atoms with Crippen molar-refractivity contribution in [3.05, 3.63) is 12.2 Å². The molecule has 0 aliphatic carbocycles. The second kappa shape index (κ2) is 53.3. The summed E-state index contributed by atoms with van der Waals surface area (Å²) in [4.78, 5) is 38.7. The third-order valence-corrected chi connectivity index (χ3v) is 21.1. The molecule has 10 unspecified atom stereocenters. The molecule has 5 aliphatic heterocycles. The molecule has 5 fully saturated rings. The molecule has 5 saturated heterocycles. The quantitative estimate of drug-likeness (QED) is 0.0306. The Labute approximate surface area is 633 Å². The molecule has 107 heavy (non-hydrogen) atoms. The summed E-state index contributed by atoms with van der Waals surface area (Å²) in [7, 11) is 0. The number of ether oxygens (including phenoxy) is 10. The highest BCUT2D eigenvalue weighted by Crippen LogP contribution is 2.37. The van der Waals surface area contributed by atoms with Gasteiger partial charge in [-0.3, -0.25) is 14.4 Å². The van der Waals surface area contributed by atoms with E-state index in [2.05, 4.69) is 29.8 Å². The summed E-state index contributed by atoms with van der Waals surface area (Å²) in [5.41, 5.74) is 0. The van der Waals surface area contributed by atoms with Gasteiger partial charge >= 0.3 is 0 Å². The van der Waals surface area contributed by atoms with Gasteiger partial charge in [0, 0.05) is 20.3 Å². The fourth-order valence-electron chi connectivity index (χ4n) is 14.7. The first kappa shape index (κ1) is 94.7. The lowest BCUT2D eigenvalue weighted by Gasteiger charge is -2.50. The molecule has 0 spiro atoms. The number of nitrogens with one attached hydrogen (secondary N) is 3. The lowest BCUT2D eigenvalue weighted by Crippen LogP contribution is -2.70. The van der Waals surface area contributed by atoms with Crippen molar-refractivity contribution in [2.75, 3.05) is 39.6 Å². The van der Waals surface area contributed by atoms with Crippen LogP contribution in [0.25, 0.3) is 0 Å². The largest absolute Gasteiger partial charge is 0.394 e. The molecule has 18 N–H and O–H groups in total. The zero-order valence-corrected chi connectivity index (χ0v) is 64.0. The highest BCUT2D eigenvalue weighted by atomic mass is 16.8. The van der Waals surface area contributed by atoms with Crippen molar-refractivity contribution in [1.29, 1.82) is 0 Å². The van der Waals surface area contributed by atoms with E-state index in [-0.39, 0.29) is 12.3 Å². The second-order valence-corrected chi connectivity index (χ2v) is 30.0. The predicted molar refractivity (Wildman–Crippen MR) is 389 cm³/mol. The Morgan fingerprint density at radius 1 is 0.364 bits per heavy atom. The van der Waals surface area contributed by atoms with E-state index < -0.39 is 217 Å². The molecule has 5 rings (SSSR count). The molecular weight excluding hydrogens is 1400 g/mol. The normalized spacial score (nSPS) is 34.0. The molecule has 31 nitrogen and oxygen atoms in total. The maximum atomic E-state index is 13.5. The third kappa shape index (κ3) is 31.8. The van der Waals surface area contributed by atoms with Gasteiger partial charge in [-0.15, -0.1) is 0 Å². The minimum absolute atomic E-state index is 0.195. The number of unbranched alkanes of at least 4 members (excludes halogenated alkanes) is 31. The maximum absolute atomic E-state index is 13.5. The summed E-state index contributed by atoms with van der Waals surface area (Å²) in [5.74, 6) is -1.89. The van der Waals surface area contributed by atoms with Crippen molar-refractivity contribution >= 4 is 17.7 Å². The van der Waals surface area contributed by atoms with E-state index >= 15 is 0 Å². The van der Waals surface area contributed by atoms with Crippen LogP contribution in [0.1, 0.15) is 246 Å². The van der Waals surface area contributed by atoms with Crippen LogP contribution >= 0.6 is 0 Å². The van der Waals surface area contributed by atoms with Crippen molar-refractivity contribution in [3.8, 4) is 0 Å². The Kier molecular flexibility index (Phi) is 47.2. The van der Waals surface area contributed by atoms with E-state index in [1.165, 1.54) is 154 Å². The minimum atomic E-state index is -2.17. The van der Waals surface area contributed by atoms with Crippen molar-refractivity contribution in [2.24, 2.45) is 0 Å². The zero-order chi connectivity index (χ0) is 78.2. The second-order valence-electron chi connectivity index (χ2n) is 30.0. The summed E-state index contributed by atoms with van der Waals surface area (Å²) < 4.78 is 59.2. The van der Waals surface area contributed by atoms with Crippen molar-refractivity contribution in [2.45, 2.75) is 412 Å². The summed E-state index contributed by atoms with van der Waals surface area (Å²) in [6.45, 7) is 1.41. The van der Waals surface area contributed by atoms with Crippen LogP contribution in [-0.4, -0.2) is 300 Å². The van der Waals surface area contributed by atoms with Gasteiger partial charge < -0.3 is 140 Å². The molecule has 5 heterocycles. The number of carbonyl (C=O) groups excluding carboxylic acids is 3. The average Bonchev–Trinajstić information content (AvgIpc) is 0.765. The lowest BCUT2D eigenvalue weighted by atomic mass is 9.94. The predicted octanol–water partition coefficient (Wildman–Crippen LogP) is 2.09. The van der Waals surface area contributed by atoms with Crippen LogP contribution < -0.4 is 16.0 Å². The van der Waals surface area contributed by atoms with Gasteiger partial charge in [0.15, 0.2) is 31.5 Å². The first-order chi connectivity index (χ1) is 51.6. The topological polar surface area (TPSA) is 483 Å². The molecule has 0 saturated carbocycles. The third-order valence-electron chi connectivity index (χ3n) is 21.1. The minimum Gasteiger partial charge on any atom is -0.394 e. The van der Waals surface area contributed by atoms with Crippen LogP contribution in [-0.2, 0) is 61.8 Å². The zero-order valence-electron chi connectivity index (χ0n) is 64.0. The van der Waals surface area contributed by atoms with Crippen LogP contribution in [0.3, 0.4) is 0 Å². The van der Waals surface area contributed by atoms with Crippen molar-refractivity contribution in [3.63, 3.8) is 0 Å². The van der Waals surface area contributed by atoms with Gasteiger partial charge in [-0.2, -0.15) is 0 Å². The van der Waals surface area contributed by atoms with Crippen molar-refractivity contribution in [1.82, 2.24) is 16.0 Å². The standard InChI is InChI=1S/C76H139N3O28/c1-5-7-9-11-13-15-17-19-20-21-22-23-24-25-26-28-30-32-34-36-38-40-56(88)79-49(50(87)39-37-35-33-31-29-27-18-16-14-12-10-8-6-2)46-98-74-65(95)63(93)69(54(44-83)102-74)105-75-66(96)64(94)68(55(45-84)103-75)104-73-58(78-48(4)86)70(60(90)52(42-81)100-73)106-76-67(97)71(61(91)53(43-82)101-76)107-72-57(77-47(3)85)62(92)59(89)51(41-80)99-72/h37,39,49-55,57-76,80-84,87,89-97H,5-36,38,40-46H2,1-4H3,(H,77,85)(H,78,86)(H,79,88)/b39-37+/t49-,50+,51?,52?,53?,54?,55?,57?,58?,59+,60-,61-,62+,63+,64+,65?,66?,67?,68-,69+,70+,71-,72-,73-,74+,75-,76-/m0/s1. The molecule has 0 radical (unpaired) electrons. The van der Waals surface area contributed by atoms with Gasteiger partial charge in [-0.05, 0) is 19.3 Å². The van der Waals surface area contributed by atoms with Gasteiger partial charge in [-0.1, -0.05) is 219 Å².